The molecular weight excluding hydrogens is 506 g/mol. The molecule has 0 aliphatic heterocycles. The van der Waals surface area contributed by atoms with Crippen LogP contribution in [0.25, 0.3) is 0 Å². The normalized spacial score (nSPS) is 16.9. The van der Waals surface area contributed by atoms with Gasteiger partial charge in [-0.1, -0.05) is 7.77 Å². The third-order valence-electron chi connectivity index (χ3n) is 2.42. The predicted octanol–water partition coefficient (Wildman–Crippen LogP) is 4.27. The molecule has 29 heavy (non-hydrogen) atoms. The van der Waals surface area contributed by atoms with Gasteiger partial charge in [0.1, 0.15) is 0 Å². The third-order valence-corrected chi connectivity index (χ3v) is 4.16. The molecule has 0 saturated carbocycles. The van der Waals surface area contributed by atoms with Crippen LogP contribution in [0, 0.1) is 0 Å². The van der Waals surface area contributed by atoms with Gasteiger partial charge in [0.2, 0.25) is 11.7 Å². The van der Waals surface area contributed by atoms with Crippen LogP contribution in [0.2, 0.25) is 0 Å². The second kappa shape index (κ2) is 7.47. The lowest BCUT2D eigenvalue weighted by Gasteiger charge is -2.22. The quantitative estimate of drug-likeness (QED) is 0.279. The van der Waals surface area contributed by atoms with Crippen LogP contribution in [0.1, 0.15) is 0 Å². The molecule has 0 saturated heterocycles. The van der Waals surface area contributed by atoms with E-state index in [1.807, 2.05) is 0 Å². The van der Waals surface area contributed by atoms with E-state index in [0.29, 0.717) is 0 Å². The maximum absolute atomic E-state index is 12.9. The Labute approximate surface area is 149 Å². The summed E-state index contributed by atoms with van der Waals surface area (Å²) in [6.45, 7) is 0. The van der Waals surface area contributed by atoms with Crippen molar-refractivity contribution in [2.45, 2.75) is 22.4 Å². The first-order chi connectivity index (χ1) is 12.4. The van der Waals surface area contributed by atoms with Gasteiger partial charge >= 0.3 is 54.8 Å². The number of hydrogen-bond acceptors (Lipinski definition) is 5. The highest BCUT2D eigenvalue weighted by atomic mass is 32.3. The molecule has 5 nitrogen and oxygen atoms in total. The van der Waals surface area contributed by atoms with Gasteiger partial charge in [-0.15, -0.1) is 0 Å². The summed E-state index contributed by atoms with van der Waals surface area (Å²) >= 11 is 0. The third kappa shape index (κ3) is 4.53. The Morgan fingerprint density at radius 3 is 0.931 bits per heavy atom. The fraction of sp³-hybridized carbons (Fsp3) is 0.500. The second-order valence-electron chi connectivity index (χ2n) is 4.34. The highest BCUT2D eigenvalue weighted by Gasteiger charge is 2.72. The maximum Gasteiger partial charge on any atom is 0.443 e. The fourth-order valence-corrected chi connectivity index (χ4v) is 1.77. The molecule has 0 unspecified atom stereocenters. The van der Waals surface area contributed by atoms with Crippen LogP contribution in [-0.4, -0.2) is 39.2 Å². The Kier molecular flexibility index (Phi) is 7.00. The van der Waals surface area contributed by atoms with Crippen LogP contribution in [0.5, 0.6) is 0 Å². The number of alkyl halides is 8. The maximum atomic E-state index is 12.9. The van der Waals surface area contributed by atoms with Crippen LogP contribution in [-0.2, 0) is 25.2 Å². The molecule has 0 bridgehead atoms. The lowest BCUT2D eigenvalue weighted by Crippen LogP contribution is -2.46. The molecular formula is C8F14O5S2. The van der Waals surface area contributed by atoms with Crippen molar-refractivity contribution >= 4 is 20.4 Å². The molecule has 172 valence electrons. The first-order valence-electron chi connectivity index (χ1n) is 5.56. The lowest BCUT2D eigenvalue weighted by molar-refractivity contribution is -0.151. The standard InChI is InChI=1S/C8F14O5S2/c9-1(5(13,14)7(17,18)28(21,23)24)3(11)27-4(12)2(10)6(15,16)8(19,20)29(22,25)26. The number of rotatable bonds is 8. The minimum Gasteiger partial charge on any atom is -0.400 e. The summed E-state index contributed by atoms with van der Waals surface area (Å²) in [6.07, 6.45) is 0. The van der Waals surface area contributed by atoms with Crippen LogP contribution < -0.4 is 0 Å². The zero-order valence-corrected chi connectivity index (χ0v) is 13.8. The van der Waals surface area contributed by atoms with Gasteiger partial charge < -0.3 is 4.74 Å². The minimum atomic E-state index is -7.73. The van der Waals surface area contributed by atoms with Crippen LogP contribution in [0.3, 0.4) is 0 Å². The van der Waals surface area contributed by atoms with Gasteiger partial charge in [0.15, 0.2) is 0 Å². The van der Waals surface area contributed by atoms with Gasteiger partial charge in [-0.2, -0.15) is 69.5 Å². The zero-order chi connectivity index (χ0) is 24.0. The topological polar surface area (TPSA) is 77.5 Å². The first kappa shape index (κ1) is 27.2. The van der Waals surface area contributed by atoms with Crippen molar-refractivity contribution in [2.24, 2.45) is 0 Å². The van der Waals surface area contributed by atoms with E-state index >= 15 is 0 Å². The van der Waals surface area contributed by atoms with E-state index in [2.05, 4.69) is 4.74 Å². The molecule has 0 aromatic rings. The Morgan fingerprint density at radius 2 is 0.759 bits per heavy atom. The number of ether oxygens (including phenoxy) is 1. The van der Waals surface area contributed by atoms with E-state index < -0.39 is 66.5 Å². The summed E-state index contributed by atoms with van der Waals surface area (Å²) in [5.41, 5.74) is 0. The molecule has 0 aliphatic carbocycles. The first-order valence-corrected chi connectivity index (χ1v) is 8.33. The van der Waals surface area contributed by atoms with Crippen molar-refractivity contribution in [1.29, 1.82) is 0 Å². The molecule has 21 heteroatoms. The van der Waals surface area contributed by atoms with E-state index in [9.17, 15) is 77.3 Å². The molecule has 0 radical (unpaired) electrons. The molecule has 0 spiro atoms. The molecule has 0 aromatic heterocycles. The Bertz CT molecular complexity index is 855. The number of halogens is 14. The van der Waals surface area contributed by atoms with Gasteiger partial charge in [-0.25, -0.2) is 0 Å². The van der Waals surface area contributed by atoms with E-state index in [-0.39, 0.29) is 0 Å². The molecule has 0 N–H and O–H groups in total. The Morgan fingerprint density at radius 1 is 0.552 bits per heavy atom. The number of hydrogen-bond donors (Lipinski definition) is 0. The predicted molar refractivity (Wildman–Crippen MR) is 59.4 cm³/mol. The average Bonchev–Trinajstić information content (AvgIpc) is 2.50. The van der Waals surface area contributed by atoms with Crippen LogP contribution in [0.4, 0.5) is 60.5 Å². The Balaban J connectivity index is 6.34. The second-order valence-corrected chi connectivity index (χ2v) is 7.11. The zero-order valence-electron chi connectivity index (χ0n) is 12.1. The SMILES string of the molecule is O=S(=O)(F)C(F)(F)C(F)(F)C(F)=C(F)OC(F)=C(F)C(F)(F)C(F)(F)S(=O)(=O)F. The van der Waals surface area contributed by atoms with Crippen molar-refractivity contribution < 1.29 is 82.0 Å². The van der Waals surface area contributed by atoms with Crippen molar-refractivity contribution in [3.63, 3.8) is 0 Å². The van der Waals surface area contributed by atoms with E-state index in [0.717, 1.165) is 0 Å². The van der Waals surface area contributed by atoms with Gasteiger partial charge in [0.05, 0.1) is 0 Å². The van der Waals surface area contributed by atoms with Crippen molar-refractivity contribution in [1.82, 2.24) is 0 Å². The fourth-order valence-electron chi connectivity index (χ4n) is 0.977. The number of allylic oxidation sites excluding steroid dienone is 2. The molecule has 0 aromatic carbocycles. The van der Waals surface area contributed by atoms with E-state index in [4.69, 9.17) is 0 Å². The average molecular weight is 506 g/mol. The molecule has 0 heterocycles. The van der Waals surface area contributed by atoms with Crippen LogP contribution in [0.15, 0.2) is 23.7 Å². The summed E-state index contributed by atoms with van der Waals surface area (Å²) in [6, 6.07) is -8.46. The summed E-state index contributed by atoms with van der Waals surface area (Å²) in [7, 11) is -15.5. The summed E-state index contributed by atoms with van der Waals surface area (Å²) < 4.78 is 219. The largest absolute Gasteiger partial charge is 0.443 e. The van der Waals surface area contributed by atoms with Crippen molar-refractivity contribution in [3.8, 4) is 0 Å². The van der Waals surface area contributed by atoms with E-state index in [1.165, 1.54) is 0 Å². The monoisotopic (exact) mass is 506 g/mol. The smallest absolute Gasteiger partial charge is 0.400 e. The Hall–Kier alpha value is -1.80. The van der Waals surface area contributed by atoms with Crippen molar-refractivity contribution in [3.05, 3.63) is 23.7 Å². The van der Waals surface area contributed by atoms with E-state index in [1.54, 1.807) is 0 Å². The molecule has 0 fully saturated rings. The highest BCUT2D eigenvalue weighted by Crippen LogP contribution is 2.48. The van der Waals surface area contributed by atoms with Crippen molar-refractivity contribution in [2.75, 3.05) is 0 Å². The molecule has 0 rings (SSSR count). The molecule has 0 atom stereocenters. The van der Waals surface area contributed by atoms with Gasteiger partial charge in [-0.3, -0.25) is 0 Å². The summed E-state index contributed by atoms with van der Waals surface area (Å²) in [5.74, 6) is -23.3. The van der Waals surface area contributed by atoms with Crippen LogP contribution >= 0.6 is 0 Å². The minimum absolute atomic E-state index is 2.18. The lowest BCUT2D eigenvalue weighted by atomic mass is 10.3. The van der Waals surface area contributed by atoms with Gasteiger partial charge in [0.25, 0.3) is 0 Å². The molecule has 0 aliphatic rings. The summed E-state index contributed by atoms with van der Waals surface area (Å²) in [4.78, 5) is 0. The van der Waals surface area contributed by atoms with Gasteiger partial charge in [0, 0.05) is 0 Å². The highest BCUT2D eigenvalue weighted by molar-refractivity contribution is 7.87. The summed E-state index contributed by atoms with van der Waals surface area (Å²) in [5, 5.41) is -14.3. The molecule has 0 amide bonds. The van der Waals surface area contributed by atoms with Gasteiger partial charge in [-0.05, 0) is 0 Å².